The van der Waals surface area contributed by atoms with Crippen LogP contribution in [0.25, 0.3) is 0 Å². The van der Waals surface area contributed by atoms with Gasteiger partial charge < -0.3 is 10.1 Å². The highest BCUT2D eigenvalue weighted by Gasteiger charge is 2.12. The lowest BCUT2D eigenvalue weighted by Crippen LogP contribution is -2.35. The predicted octanol–water partition coefficient (Wildman–Crippen LogP) is 3.72. The Morgan fingerprint density at radius 2 is 1.78 bits per heavy atom. The van der Waals surface area contributed by atoms with Gasteiger partial charge in [0.05, 0.1) is 23.8 Å². The fourth-order valence-electron chi connectivity index (χ4n) is 2.69. The van der Waals surface area contributed by atoms with Crippen LogP contribution in [0.2, 0.25) is 5.02 Å². The summed E-state index contributed by atoms with van der Waals surface area (Å²) in [5.41, 5.74) is 2.43. The lowest BCUT2D eigenvalue weighted by molar-refractivity contribution is 0.0342. The molecular weight excluding hydrogens is 405 g/mol. The minimum absolute atomic E-state index is 0. The molecule has 2 aromatic carbocycles. The van der Waals surface area contributed by atoms with Crippen LogP contribution in [0.5, 0.6) is 0 Å². The van der Waals surface area contributed by atoms with Crippen LogP contribution in [-0.2, 0) is 11.3 Å². The van der Waals surface area contributed by atoms with Crippen molar-refractivity contribution in [2.45, 2.75) is 6.54 Å². The molecule has 0 aromatic heterocycles. The summed E-state index contributed by atoms with van der Waals surface area (Å²) in [4.78, 5) is 14.6. The highest BCUT2D eigenvalue weighted by atomic mass is 35.5. The largest absolute Gasteiger partial charge is 0.379 e. The molecule has 2 aromatic rings. The van der Waals surface area contributed by atoms with Crippen LogP contribution >= 0.6 is 36.2 Å². The maximum atomic E-state index is 12.2. The number of nitrogens with zero attached hydrogens (tertiary/aromatic N) is 1. The molecule has 5 nitrogen and oxygen atoms in total. The first-order valence-electron chi connectivity index (χ1n) is 8.38. The van der Waals surface area contributed by atoms with Gasteiger partial charge in [-0.25, -0.2) is 0 Å². The molecular formula is C19H21Cl2N3O2S. The molecule has 1 aliphatic heterocycles. The van der Waals surface area contributed by atoms with E-state index in [2.05, 4.69) is 27.7 Å². The lowest BCUT2D eigenvalue weighted by Gasteiger charge is -2.26. The molecule has 1 saturated heterocycles. The molecule has 3 rings (SSSR count). The van der Waals surface area contributed by atoms with E-state index < -0.39 is 0 Å². The van der Waals surface area contributed by atoms with Crippen LogP contribution in [-0.4, -0.2) is 42.2 Å². The first-order valence-corrected chi connectivity index (χ1v) is 9.16. The maximum Gasteiger partial charge on any atom is 0.258 e. The van der Waals surface area contributed by atoms with Gasteiger partial charge in [-0.05, 0) is 42.0 Å². The summed E-state index contributed by atoms with van der Waals surface area (Å²) < 4.78 is 5.36. The summed E-state index contributed by atoms with van der Waals surface area (Å²) in [5, 5.41) is 6.28. The zero-order valence-electron chi connectivity index (χ0n) is 14.6. The number of amides is 1. The van der Waals surface area contributed by atoms with Crippen LogP contribution < -0.4 is 10.6 Å². The van der Waals surface area contributed by atoms with Gasteiger partial charge in [0.15, 0.2) is 5.11 Å². The summed E-state index contributed by atoms with van der Waals surface area (Å²) >= 11 is 11.2. The second kappa shape index (κ2) is 10.6. The third-order valence-electron chi connectivity index (χ3n) is 4.07. The summed E-state index contributed by atoms with van der Waals surface area (Å²) in [5.74, 6) is -0.336. The highest BCUT2D eigenvalue weighted by Crippen LogP contribution is 2.15. The summed E-state index contributed by atoms with van der Waals surface area (Å²) in [6.07, 6.45) is 0. The normalized spacial score (nSPS) is 14.1. The van der Waals surface area contributed by atoms with Crippen molar-refractivity contribution in [3.63, 3.8) is 0 Å². The van der Waals surface area contributed by atoms with Gasteiger partial charge in [0, 0.05) is 25.3 Å². The number of benzene rings is 2. The Morgan fingerprint density at radius 1 is 1.11 bits per heavy atom. The molecule has 1 aliphatic rings. The van der Waals surface area contributed by atoms with E-state index >= 15 is 0 Å². The zero-order chi connectivity index (χ0) is 18.4. The minimum Gasteiger partial charge on any atom is -0.379 e. The Labute approximate surface area is 175 Å². The molecule has 27 heavy (non-hydrogen) atoms. The van der Waals surface area contributed by atoms with E-state index in [4.69, 9.17) is 28.6 Å². The van der Waals surface area contributed by atoms with E-state index in [9.17, 15) is 4.79 Å². The Balaban J connectivity index is 0.00000261. The molecule has 1 amide bonds. The molecule has 0 bridgehead atoms. The van der Waals surface area contributed by atoms with E-state index in [1.54, 1.807) is 24.3 Å². The van der Waals surface area contributed by atoms with Gasteiger partial charge in [-0.2, -0.15) is 0 Å². The molecule has 0 atom stereocenters. The average Bonchev–Trinajstić information content (AvgIpc) is 2.64. The quantitative estimate of drug-likeness (QED) is 0.730. The van der Waals surface area contributed by atoms with E-state index in [-0.39, 0.29) is 23.4 Å². The molecule has 2 N–H and O–H groups in total. The van der Waals surface area contributed by atoms with Crippen LogP contribution in [0.4, 0.5) is 5.69 Å². The first-order chi connectivity index (χ1) is 12.6. The van der Waals surface area contributed by atoms with Crippen molar-refractivity contribution >= 4 is 52.9 Å². The van der Waals surface area contributed by atoms with Gasteiger partial charge in [-0.3, -0.25) is 15.0 Å². The SMILES string of the molecule is Cl.O=C(NC(=S)Nc1ccc(CN2CCOCC2)cc1)c1ccccc1Cl. The van der Waals surface area contributed by atoms with Gasteiger partial charge in [-0.15, -0.1) is 12.4 Å². The van der Waals surface area contributed by atoms with E-state index in [1.165, 1.54) is 5.56 Å². The number of halogens is 2. The van der Waals surface area contributed by atoms with Gasteiger partial charge >= 0.3 is 0 Å². The van der Waals surface area contributed by atoms with Crippen LogP contribution in [0.15, 0.2) is 48.5 Å². The molecule has 0 unspecified atom stereocenters. The number of morpholine rings is 1. The fraction of sp³-hybridized carbons (Fsp3) is 0.263. The zero-order valence-corrected chi connectivity index (χ0v) is 17.0. The molecule has 0 saturated carbocycles. The third kappa shape index (κ3) is 6.45. The summed E-state index contributed by atoms with van der Waals surface area (Å²) in [6, 6.07) is 14.8. The molecule has 0 aliphatic carbocycles. The highest BCUT2D eigenvalue weighted by molar-refractivity contribution is 7.80. The number of carbonyl (C=O) groups excluding carboxylic acids is 1. The Morgan fingerprint density at radius 3 is 2.44 bits per heavy atom. The van der Waals surface area contributed by atoms with Crippen molar-refractivity contribution in [1.82, 2.24) is 10.2 Å². The molecule has 144 valence electrons. The number of thiocarbonyl (C=S) groups is 1. The molecule has 0 spiro atoms. The standard InChI is InChI=1S/C19H20ClN3O2S.ClH/c20-17-4-2-1-3-16(17)18(24)22-19(26)21-15-7-5-14(6-8-15)13-23-9-11-25-12-10-23;/h1-8H,9-13H2,(H2,21,22,24,26);1H. The fourth-order valence-corrected chi connectivity index (χ4v) is 3.12. The van der Waals surface area contributed by atoms with Crippen molar-refractivity contribution in [3.8, 4) is 0 Å². The van der Waals surface area contributed by atoms with Gasteiger partial charge in [0.2, 0.25) is 0 Å². The van der Waals surface area contributed by atoms with Crippen LogP contribution in [0, 0.1) is 0 Å². The number of rotatable bonds is 4. The second-order valence-corrected chi connectivity index (χ2v) is 6.79. The number of anilines is 1. The van der Waals surface area contributed by atoms with Crippen molar-refractivity contribution in [2.75, 3.05) is 31.6 Å². The molecule has 1 fully saturated rings. The minimum atomic E-state index is -0.336. The Kier molecular flexibility index (Phi) is 8.47. The van der Waals surface area contributed by atoms with Crippen molar-refractivity contribution in [1.29, 1.82) is 0 Å². The van der Waals surface area contributed by atoms with Gasteiger partial charge in [-0.1, -0.05) is 35.9 Å². The molecule has 1 heterocycles. The van der Waals surface area contributed by atoms with Gasteiger partial charge in [0.1, 0.15) is 0 Å². The number of carbonyl (C=O) groups is 1. The van der Waals surface area contributed by atoms with Crippen molar-refractivity contribution < 1.29 is 9.53 Å². The second-order valence-electron chi connectivity index (χ2n) is 5.97. The average molecular weight is 426 g/mol. The van der Waals surface area contributed by atoms with Gasteiger partial charge in [0.25, 0.3) is 5.91 Å². The lowest BCUT2D eigenvalue weighted by atomic mass is 10.2. The van der Waals surface area contributed by atoms with E-state index in [0.29, 0.717) is 10.6 Å². The predicted molar refractivity (Wildman–Crippen MR) is 115 cm³/mol. The smallest absolute Gasteiger partial charge is 0.258 e. The number of nitrogens with one attached hydrogen (secondary N) is 2. The maximum absolute atomic E-state index is 12.2. The Bertz CT molecular complexity index is 781. The molecule has 8 heteroatoms. The monoisotopic (exact) mass is 425 g/mol. The number of hydrogen-bond donors (Lipinski definition) is 2. The topological polar surface area (TPSA) is 53.6 Å². The van der Waals surface area contributed by atoms with Crippen LogP contribution in [0.1, 0.15) is 15.9 Å². The first kappa shape index (κ1) is 21.6. The Hall–Kier alpha value is -1.70. The summed E-state index contributed by atoms with van der Waals surface area (Å²) in [6.45, 7) is 4.39. The number of ether oxygens (including phenoxy) is 1. The number of hydrogen-bond acceptors (Lipinski definition) is 4. The van der Waals surface area contributed by atoms with Crippen molar-refractivity contribution in [2.24, 2.45) is 0 Å². The van der Waals surface area contributed by atoms with E-state index in [0.717, 1.165) is 38.5 Å². The van der Waals surface area contributed by atoms with Crippen LogP contribution in [0.3, 0.4) is 0 Å². The summed E-state index contributed by atoms with van der Waals surface area (Å²) in [7, 11) is 0. The van der Waals surface area contributed by atoms with E-state index in [1.807, 2.05) is 12.1 Å². The third-order valence-corrected chi connectivity index (χ3v) is 4.60. The van der Waals surface area contributed by atoms with Crippen molar-refractivity contribution in [3.05, 3.63) is 64.7 Å². The molecule has 0 radical (unpaired) electrons.